The van der Waals surface area contributed by atoms with Crippen molar-refractivity contribution in [2.75, 3.05) is 23.9 Å². The van der Waals surface area contributed by atoms with Gasteiger partial charge in [-0.1, -0.05) is 12.8 Å². The Labute approximate surface area is 120 Å². The van der Waals surface area contributed by atoms with Crippen LogP contribution < -0.4 is 16.2 Å². The second kappa shape index (κ2) is 5.56. The largest absolute Gasteiger partial charge is 0.359 e. The van der Waals surface area contributed by atoms with Crippen molar-refractivity contribution < 1.29 is 0 Å². The van der Waals surface area contributed by atoms with Crippen LogP contribution in [0.25, 0.3) is 0 Å². The first-order valence-electron chi connectivity index (χ1n) is 7.75. The molecule has 0 spiro atoms. The molecule has 3 N–H and O–H groups in total. The van der Waals surface area contributed by atoms with Crippen molar-refractivity contribution in [2.24, 2.45) is 11.8 Å². The number of rotatable bonds is 5. The molecule has 110 valence electrons. The van der Waals surface area contributed by atoms with Crippen molar-refractivity contribution in [3.8, 4) is 0 Å². The van der Waals surface area contributed by atoms with Gasteiger partial charge >= 0.3 is 0 Å². The predicted molar refractivity (Wildman–Crippen MR) is 81.8 cm³/mol. The van der Waals surface area contributed by atoms with Crippen LogP contribution in [0.1, 0.15) is 55.8 Å². The molecule has 2 aliphatic carbocycles. The van der Waals surface area contributed by atoms with E-state index in [-0.39, 0.29) is 0 Å². The van der Waals surface area contributed by atoms with Crippen LogP contribution in [-0.4, -0.2) is 23.6 Å². The maximum absolute atomic E-state index is 5.61. The lowest BCUT2D eigenvalue weighted by molar-refractivity contribution is 0.544. The van der Waals surface area contributed by atoms with Crippen molar-refractivity contribution in [3.63, 3.8) is 0 Å². The number of nitrogen functional groups attached to an aromatic ring is 1. The summed E-state index contributed by atoms with van der Waals surface area (Å²) in [5.41, 5.74) is 3.78. The summed E-state index contributed by atoms with van der Waals surface area (Å²) in [4.78, 5) is 11.6. The van der Waals surface area contributed by atoms with Gasteiger partial charge in [-0.05, 0) is 38.5 Å². The fourth-order valence-electron chi connectivity index (χ4n) is 3.22. The van der Waals surface area contributed by atoms with E-state index in [0.717, 1.165) is 35.5 Å². The highest BCUT2D eigenvalue weighted by molar-refractivity contribution is 5.58. The van der Waals surface area contributed by atoms with Gasteiger partial charge in [0.15, 0.2) is 0 Å². The average molecular weight is 275 g/mol. The Bertz CT molecular complexity index is 477. The third kappa shape index (κ3) is 2.73. The maximum Gasteiger partial charge on any atom is 0.148 e. The van der Waals surface area contributed by atoms with E-state index < -0.39 is 0 Å². The summed E-state index contributed by atoms with van der Waals surface area (Å²) in [5.74, 6) is 9.74. The van der Waals surface area contributed by atoms with Crippen LogP contribution in [0.2, 0.25) is 0 Å². The van der Waals surface area contributed by atoms with Gasteiger partial charge in [-0.2, -0.15) is 0 Å². The second-order valence-corrected chi connectivity index (χ2v) is 6.33. The van der Waals surface area contributed by atoms with Crippen LogP contribution in [0.3, 0.4) is 0 Å². The topological polar surface area (TPSA) is 67.1 Å². The second-order valence-electron chi connectivity index (χ2n) is 6.33. The summed E-state index contributed by atoms with van der Waals surface area (Å²) >= 11 is 0. The van der Waals surface area contributed by atoms with Crippen molar-refractivity contribution in [2.45, 2.75) is 51.4 Å². The van der Waals surface area contributed by atoms with Crippen LogP contribution in [-0.2, 0) is 0 Å². The molecule has 1 aromatic rings. The molecule has 20 heavy (non-hydrogen) atoms. The van der Waals surface area contributed by atoms with Crippen molar-refractivity contribution in [1.82, 2.24) is 9.97 Å². The zero-order chi connectivity index (χ0) is 14.1. The number of aromatic nitrogens is 2. The summed E-state index contributed by atoms with van der Waals surface area (Å²) < 4.78 is 0. The third-order valence-electron chi connectivity index (χ3n) is 4.59. The number of hydrazine groups is 1. The Balaban J connectivity index is 1.83. The lowest BCUT2D eigenvalue weighted by Crippen LogP contribution is -2.27. The van der Waals surface area contributed by atoms with Gasteiger partial charge in [0.2, 0.25) is 0 Å². The number of hydrogen-bond acceptors (Lipinski definition) is 5. The van der Waals surface area contributed by atoms with Crippen molar-refractivity contribution in [1.29, 1.82) is 0 Å². The highest BCUT2D eigenvalue weighted by Gasteiger charge is 2.29. The first-order chi connectivity index (χ1) is 9.69. The molecule has 2 fully saturated rings. The number of hydrogen-bond donors (Lipinski definition) is 2. The van der Waals surface area contributed by atoms with Crippen molar-refractivity contribution in [3.05, 3.63) is 11.4 Å². The average Bonchev–Trinajstić information content (AvgIpc) is 3.17. The number of anilines is 2. The number of nitrogens with one attached hydrogen (secondary N) is 1. The fraction of sp³-hybridized carbons (Fsp3) is 0.733. The molecule has 0 aromatic carbocycles. The zero-order valence-electron chi connectivity index (χ0n) is 12.5. The molecular formula is C15H25N5. The molecule has 2 aliphatic rings. The molecular weight excluding hydrogens is 250 g/mol. The van der Waals surface area contributed by atoms with Crippen molar-refractivity contribution >= 4 is 11.6 Å². The van der Waals surface area contributed by atoms with Crippen LogP contribution in [0.4, 0.5) is 11.6 Å². The normalized spacial score (nSPS) is 19.4. The van der Waals surface area contributed by atoms with E-state index in [1.54, 1.807) is 0 Å². The molecule has 0 radical (unpaired) electrons. The lowest BCUT2D eigenvalue weighted by atomic mass is 10.1. The van der Waals surface area contributed by atoms with E-state index >= 15 is 0 Å². The lowest BCUT2D eigenvalue weighted by Gasteiger charge is -2.25. The molecule has 0 amide bonds. The fourth-order valence-corrected chi connectivity index (χ4v) is 3.22. The third-order valence-corrected chi connectivity index (χ3v) is 4.59. The molecule has 3 rings (SSSR count). The minimum atomic E-state index is 0.543. The maximum atomic E-state index is 5.61. The molecule has 0 saturated heterocycles. The SMILES string of the molecule is Cc1c(NN)nc(C2CC2)nc1N(C)CC1CCCC1. The van der Waals surface area contributed by atoms with Gasteiger partial charge in [-0.15, -0.1) is 0 Å². The van der Waals surface area contributed by atoms with E-state index in [1.165, 1.54) is 38.5 Å². The Morgan fingerprint density at radius 2 is 1.90 bits per heavy atom. The molecule has 1 aromatic heterocycles. The highest BCUT2D eigenvalue weighted by Crippen LogP contribution is 2.40. The monoisotopic (exact) mass is 275 g/mol. The zero-order valence-corrected chi connectivity index (χ0v) is 12.5. The molecule has 0 atom stereocenters. The van der Waals surface area contributed by atoms with Crippen LogP contribution in [0.15, 0.2) is 0 Å². The Morgan fingerprint density at radius 3 is 2.50 bits per heavy atom. The van der Waals surface area contributed by atoms with Gasteiger partial charge in [0, 0.05) is 25.1 Å². The Kier molecular flexibility index (Phi) is 3.78. The summed E-state index contributed by atoms with van der Waals surface area (Å²) in [6.45, 7) is 3.14. The molecule has 5 nitrogen and oxygen atoms in total. The van der Waals surface area contributed by atoms with Gasteiger partial charge < -0.3 is 10.3 Å². The minimum absolute atomic E-state index is 0.543. The van der Waals surface area contributed by atoms with Gasteiger partial charge in [-0.3, -0.25) is 0 Å². The van der Waals surface area contributed by atoms with Crippen LogP contribution >= 0.6 is 0 Å². The molecule has 2 saturated carbocycles. The molecule has 0 bridgehead atoms. The minimum Gasteiger partial charge on any atom is -0.359 e. The smallest absolute Gasteiger partial charge is 0.148 e. The summed E-state index contributed by atoms with van der Waals surface area (Å²) in [7, 11) is 2.14. The summed E-state index contributed by atoms with van der Waals surface area (Å²) in [6.07, 6.45) is 7.88. The molecule has 0 unspecified atom stereocenters. The summed E-state index contributed by atoms with van der Waals surface area (Å²) in [6, 6.07) is 0. The van der Waals surface area contributed by atoms with Gasteiger partial charge in [-0.25, -0.2) is 15.8 Å². The molecule has 5 heteroatoms. The predicted octanol–water partition coefficient (Wildman–Crippen LogP) is 2.57. The van der Waals surface area contributed by atoms with E-state index in [9.17, 15) is 0 Å². The van der Waals surface area contributed by atoms with Crippen LogP contribution in [0, 0.1) is 12.8 Å². The molecule has 0 aliphatic heterocycles. The molecule has 1 heterocycles. The quantitative estimate of drug-likeness (QED) is 0.638. The Morgan fingerprint density at radius 1 is 1.20 bits per heavy atom. The first kappa shape index (κ1) is 13.6. The van der Waals surface area contributed by atoms with Gasteiger partial charge in [0.25, 0.3) is 0 Å². The van der Waals surface area contributed by atoms with E-state index in [4.69, 9.17) is 10.8 Å². The summed E-state index contributed by atoms with van der Waals surface area (Å²) in [5, 5.41) is 0. The Hall–Kier alpha value is -1.36. The number of nitrogens with two attached hydrogens (primary N) is 1. The van der Waals surface area contributed by atoms with Crippen LogP contribution in [0.5, 0.6) is 0 Å². The first-order valence-corrected chi connectivity index (χ1v) is 7.75. The number of nitrogens with zero attached hydrogens (tertiary/aromatic N) is 3. The van der Waals surface area contributed by atoms with Gasteiger partial charge in [0.05, 0.1) is 0 Å². The van der Waals surface area contributed by atoms with Gasteiger partial charge in [0.1, 0.15) is 17.5 Å². The van der Waals surface area contributed by atoms with E-state index in [2.05, 4.69) is 22.4 Å². The van der Waals surface area contributed by atoms with E-state index in [0.29, 0.717) is 5.92 Å². The standard InChI is InChI=1S/C15H25N5/c1-10-13(19-16)17-14(12-7-8-12)18-15(10)20(2)9-11-5-3-4-6-11/h11-12H,3-9,16H2,1-2H3,(H,17,18,19). The highest BCUT2D eigenvalue weighted by atomic mass is 15.3. The van der Waals surface area contributed by atoms with E-state index in [1.807, 2.05) is 6.92 Å².